The van der Waals surface area contributed by atoms with Gasteiger partial charge in [0.05, 0.1) is 10.7 Å². The van der Waals surface area contributed by atoms with E-state index in [-0.39, 0.29) is 11.8 Å². The van der Waals surface area contributed by atoms with Gasteiger partial charge in [-0.2, -0.15) is 0 Å². The van der Waals surface area contributed by atoms with Gasteiger partial charge in [-0.15, -0.1) is 11.3 Å². The van der Waals surface area contributed by atoms with Gasteiger partial charge in [0, 0.05) is 23.4 Å². The lowest BCUT2D eigenvalue weighted by molar-refractivity contribution is -0.122. The van der Waals surface area contributed by atoms with Crippen molar-refractivity contribution in [2.45, 2.75) is 26.8 Å². The van der Waals surface area contributed by atoms with E-state index in [1.165, 1.54) is 0 Å². The van der Waals surface area contributed by atoms with Gasteiger partial charge < -0.3 is 5.32 Å². The normalized spacial score (nSPS) is 20.7. The molecule has 1 aromatic heterocycles. The highest BCUT2D eigenvalue weighted by atomic mass is 32.1. The molecule has 3 nitrogen and oxygen atoms in total. The summed E-state index contributed by atoms with van der Waals surface area (Å²) in [5.41, 5.74) is 3.28. The second-order valence-electron chi connectivity index (χ2n) is 5.49. The summed E-state index contributed by atoms with van der Waals surface area (Å²) in [7, 11) is 0. The van der Waals surface area contributed by atoms with Crippen molar-refractivity contribution in [1.29, 1.82) is 0 Å². The molecule has 1 heterocycles. The number of carbonyl (C=O) groups excluding carboxylic acids is 1. The standard InChI is InChI=1S/C16H18N2OS/c1-10-7-14(10)16(19)17-8-12-3-5-13(6-4-12)15-9-20-11(2)18-15/h3-6,9-10,14H,7-8H2,1-2H3,(H,17,19)/t10-,14-/m1/s1. The molecule has 1 aliphatic carbocycles. The van der Waals surface area contributed by atoms with Gasteiger partial charge in [0.1, 0.15) is 0 Å². The highest BCUT2D eigenvalue weighted by Gasteiger charge is 2.38. The van der Waals surface area contributed by atoms with Crippen LogP contribution in [0.3, 0.4) is 0 Å². The van der Waals surface area contributed by atoms with Gasteiger partial charge in [-0.3, -0.25) is 4.79 Å². The van der Waals surface area contributed by atoms with Crippen LogP contribution in [0.2, 0.25) is 0 Å². The Balaban J connectivity index is 1.60. The van der Waals surface area contributed by atoms with Crippen LogP contribution in [-0.2, 0) is 11.3 Å². The minimum atomic E-state index is 0.191. The van der Waals surface area contributed by atoms with Crippen LogP contribution in [0.25, 0.3) is 11.3 Å². The SMILES string of the molecule is Cc1nc(-c2ccc(CNC(=O)[C@@H]3C[C@H]3C)cc2)cs1. The predicted octanol–water partition coefficient (Wildman–Crippen LogP) is 3.39. The van der Waals surface area contributed by atoms with Gasteiger partial charge in [0.25, 0.3) is 0 Å². The van der Waals surface area contributed by atoms with Gasteiger partial charge in [-0.1, -0.05) is 31.2 Å². The zero-order chi connectivity index (χ0) is 14.1. The number of thiazole rings is 1. The Labute approximate surface area is 123 Å². The molecule has 20 heavy (non-hydrogen) atoms. The molecule has 1 aromatic carbocycles. The summed E-state index contributed by atoms with van der Waals surface area (Å²) in [6.45, 7) is 4.74. The van der Waals surface area contributed by atoms with E-state index in [9.17, 15) is 4.79 Å². The minimum Gasteiger partial charge on any atom is -0.352 e. The molecule has 1 aliphatic rings. The zero-order valence-electron chi connectivity index (χ0n) is 11.7. The van der Waals surface area contributed by atoms with Crippen LogP contribution in [0, 0.1) is 18.8 Å². The maximum Gasteiger partial charge on any atom is 0.223 e. The first-order chi connectivity index (χ1) is 9.63. The molecule has 4 heteroatoms. The number of rotatable bonds is 4. The van der Waals surface area contributed by atoms with E-state index in [1.54, 1.807) is 11.3 Å². The Hall–Kier alpha value is -1.68. The molecule has 0 aliphatic heterocycles. The summed E-state index contributed by atoms with van der Waals surface area (Å²) in [5, 5.41) is 6.15. The molecule has 1 saturated carbocycles. The first-order valence-electron chi connectivity index (χ1n) is 6.92. The van der Waals surface area contributed by atoms with Crippen LogP contribution in [0.1, 0.15) is 23.9 Å². The quantitative estimate of drug-likeness (QED) is 0.936. The van der Waals surface area contributed by atoms with Crippen molar-refractivity contribution >= 4 is 17.2 Å². The highest BCUT2D eigenvalue weighted by Crippen LogP contribution is 2.37. The second kappa shape index (κ2) is 5.37. The monoisotopic (exact) mass is 286 g/mol. The molecule has 2 atom stereocenters. The number of aromatic nitrogens is 1. The molecule has 1 N–H and O–H groups in total. The zero-order valence-corrected chi connectivity index (χ0v) is 12.5. The van der Waals surface area contributed by atoms with E-state index >= 15 is 0 Å². The third-order valence-electron chi connectivity index (χ3n) is 3.78. The molecular formula is C16H18N2OS. The fourth-order valence-corrected chi connectivity index (χ4v) is 2.92. The fraction of sp³-hybridized carbons (Fsp3) is 0.375. The van der Waals surface area contributed by atoms with Crippen molar-refractivity contribution in [2.24, 2.45) is 11.8 Å². The van der Waals surface area contributed by atoms with Gasteiger partial charge >= 0.3 is 0 Å². The topological polar surface area (TPSA) is 42.0 Å². The molecule has 2 aromatic rings. The molecule has 1 fully saturated rings. The van der Waals surface area contributed by atoms with Crippen molar-refractivity contribution in [3.05, 3.63) is 40.2 Å². The number of nitrogens with zero attached hydrogens (tertiary/aromatic N) is 1. The number of hydrogen-bond donors (Lipinski definition) is 1. The summed E-state index contributed by atoms with van der Waals surface area (Å²) in [4.78, 5) is 16.2. The molecule has 0 spiro atoms. The maximum atomic E-state index is 11.8. The van der Waals surface area contributed by atoms with Gasteiger partial charge in [0.15, 0.2) is 0 Å². The van der Waals surface area contributed by atoms with Crippen LogP contribution in [0.5, 0.6) is 0 Å². The molecule has 0 unspecified atom stereocenters. The smallest absolute Gasteiger partial charge is 0.223 e. The first-order valence-corrected chi connectivity index (χ1v) is 7.80. The average molecular weight is 286 g/mol. The van der Waals surface area contributed by atoms with E-state index in [0.717, 1.165) is 28.2 Å². The summed E-state index contributed by atoms with van der Waals surface area (Å²) >= 11 is 1.66. The fourth-order valence-electron chi connectivity index (χ4n) is 2.30. The predicted molar refractivity (Wildman–Crippen MR) is 81.4 cm³/mol. The van der Waals surface area contributed by atoms with Gasteiger partial charge in [0.2, 0.25) is 5.91 Å². The van der Waals surface area contributed by atoms with Crippen molar-refractivity contribution < 1.29 is 4.79 Å². The number of hydrogen-bond acceptors (Lipinski definition) is 3. The number of aryl methyl sites for hydroxylation is 1. The van der Waals surface area contributed by atoms with Crippen LogP contribution in [-0.4, -0.2) is 10.9 Å². The Morgan fingerprint density at radius 2 is 2.10 bits per heavy atom. The van der Waals surface area contributed by atoms with Crippen LogP contribution in [0.15, 0.2) is 29.6 Å². The Bertz CT molecular complexity index is 618. The molecule has 1 amide bonds. The van der Waals surface area contributed by atoms with Crippen molar-refractivity contribution in [2.75, 3.05) is 0 Å². The molecule has 3 rings (SSSR count). The third kappa shape index (κ3) is 2.90. The Morgan fingerprint density at radius 1 is 1.40 bits per heavy atom. The van der Waals surface area contributed by atoms with E-state index in [0.29, 0.717) is 12.5 Å². The molecule has 0 bridgehead atoms. The Kier molecular flexibility index (Phi) is 3.57. The van der Waals surface area contributed by atoms with Crippen molar-refractivity contribution in [3.63, 3.8) is 0 Å². The van der Waals surface area contributed by atoms with Crippen LogP contribution >= 0.6 is 11.3 Å². The van der Waals surface area contributed by atoms with Crippen LogP contribution < -0.4 is 5.32 Å². The van der Waals surface area contributed by atoms with Crippen molar-refractivity contribution in [3.8, 4) is 11.3 Å². The lowest BCUT2D eigenvalue weighted by Crippen LogP contribution is -2.24. The average Bonchev–Trinajstić information content (AvgIpc) is 3.03. The van der Waals surface area contributed by atoms with Gasteiger partial charge in [-0.05, 0) is 24.8 Å². The third-order valence-corrected chi connectivity index (χ3v) is 4.56. The number of amides is 1. The summed E-state index contributed by atoms with van der Waals surface area (Å²) in [5.74, 6) is 0.995. The lowest BCUT2D eigenvalue weighted by atomic mass is 10.1. The van der Waals surface area contributed by atoms with E-state index in [1.807, 2.05) is 6.92 Å². The van der Waals surface area contributed by atoms with Crippen molar-refractivity contribution in [1.82, 2.24) is 10.3 Å². The summed E-state index contributed by atoms with van der Waals surface area (Å²) in [6, 6.07) is 8.24. The maximum absolute atomic E-state index is 11.8. The molecule has 104 valence electrons. The second-order valence-corrected chi connectivity index (χ2v) is 6.55. The van der Waals surface area contributed by atoms with E-state index < -0.39 is 0 Å². The molecule has 0 saturated heterocycles. The minimum absolute atomic E-state index is 0.191. The summed E-state index contributed by atoms with van der Waals surface area (Å²) < 4.78 is 0. The van der Waals surface area contributed by atoms with E-state index in [2.05, 4.69) is 46.9 Å². The summed E-state index contributed by atoms with van der Waals surface area (Å²) in [6.07, 6.45) is 1.04. The lowest BCUT2D eigenvalue weighted by Gasteiger charge is -2.05. The number of carbonyl (C=O) groups is 1. The first kappa shape index (κ1) is 13.3. The van der Waals surface area contributed by atoms with Gasteiger partial charge in [-0.25, -0.2) is 4.98 Å². The van der Waals surface area contributed by atoms with E-state index in [4.69, 9.17) is 0 Å². The molecule has 0 radical (unpaired) electrons. The number of benzene rings is 1. The number of nitrogens with one attached hydrogen (secondary N) is 1. The highest BCUT2D eigenvalue weighted by molar-refractivity contribution is 7.09. The molecular weight excluding hydrogens is 268 g/mol. The largest absolute Gasteiger partial charge is 0.352 e. The van der Waals surface area contributed by atoms with Crippen LogP contribution in [0.4, 0.5) is 0 Å². The Morgan fingerprint density at radius 3 is 2.65 bits per heavy atom.